The van der Waals surface area contributed by atoms with Gasteiger partial charge in [-0.1, -0.05) is 41.5 Å². The van der Waals surface area contributed by atoms with Crippen LogP contribution in [0.3, 0.4) is 0 Å². The number of carbonyl (C=O) groups is 1. The third-order valence-corrected chi connectivity index (χ3v) is 4.24. The lowest BCUT2D eigenvalue weighted by molar-refractivity contribution is -0.142. The number of carbonyl (C=O) groups excluding carboxylic acids is 1. The highest BCUT2D eigenvalue weighted by molar-refractivity contribution is 5.73. The molecule has 25 heavy (non-hydrogen) atoms. The molecule has 0 radical (unpaired) electrons. The fraction of sp³-hybridized carbons (Fsp3) is 0.409. The second-order valence-corrected chi connectivity index (χ2v) is 6.56. The Labute approximate surface area is 150 Å². The van der Waals surface area contributed by atoms with Gasteiger partial charge >= 0.3 is 5.97 Å². The molecule has 1 aliphatic heterocycles. The summed E-state index contributed by atoms with van der Waals surface area (Å²) in [5.74, 6) is -0.138. The number of hydrogen-bond donors (Lipinski definition) is 0. The number of aryl methyl sites for hydroxylation is 1. The third-order valence-electron chi connectivity index (χ3n) is 4.24. The van der Waals surface area contributed by atoms with Crippen LogP contribution in [-0.2, 0) is 16.0 Å². The van der Waals surface area contributed by atoms with E-state index in [2.05, 4.69) is 38.2 Å². The van der Waals surface area contributed by atoms with Crippen molar-refractivity contribution in [2.75, 3.05) is 6.61 Å². The van der Waals surface area contributed by atoms with Gasteiger partial charge in [0.15, 0.2) is 0 Å². The second kappa shape index (κ2) is 10.5. The van der Waals surface area contributed by atoms with Gasteiger partial charge in [0.1, 0.15) is 6.61 Å². The number of rotatable bonds is 9. The maximum absolute atomic E-state index is 11.0. The molecule has 0 saturated carbocycles. The SMILES string of the molecule is CC(=CCCC(C)=CCCc1ccoc1)CC=CC1=CCC(=O)OC1. The Hall–Kier alpha value is -2.29. The smallest absolute Gasteiger partial charge is 0.309 e. The van der Waals surface area contributed by atoms with E-state index in [0.717, 1.165) is 37.7 Å². The minimum atomic E-state index is -0.138. The first kappa shape index (κ1) is 19.0. The molecule has 3 nitrogen and oxygen atoms in total. The minimum Gasteiger partial charge on any atom is -0.472 e. The van der Waals surface area contributed by atoms with Crippen molar-refractivity contribution in [2.24, 2.45) is 0 Å². The molecule has 0 unspecified atom stereocenters. The predicted octanol–water partition coefficient (Wildman–Crippen LogP) is 5.70. The van der Waals surface area contributed by atoms with Gasteiger partial charge in [-0.2, -0.15) is 0 Å². The van der Waals surface area contributed by atoms with Crippen molar-refractivity contribution < 1.29 is 13.9 Å². The summed E-state index contributed by atoms with van der Waals surface area (Å²) in [7, 11) is 0. The topological polar surface area (TPSA) is 39.4 Å². The Balaban J connectivity index is 1.63. The molecular weight excluding hydrogens is 312 g/mol. The van der Waals surface area contributed by atoms with E-state index < -0.39 is 0 Å². The average Bonchev–Trinajstić information content (AvgIpc) is 3.10. The van der Waals surface area contributed by atoms with Crippen molar-refractivity contribution in [3.8, 4) is 0 Å². The number of furan rings is 1. The lowest BCUT2D eigenvalue weighted by Crippen LogP contribution is -2.10. The van der Waals surface area contributed by atoms with Gasteiger partial charge < -0.3 is 9.15 Å². The van der Waals surface area contributed by atoms with E-state index in [1.165, 1.54) is 16.7 Å². The molecule has 0 aromatic carbocycles. The van der Waals surface area contributed by atoms with E-state index in [1.807, 2.05) is 18.4 Å². The van der Waals surface area contributed by atoms with Crippen LogP contribution in [-0.4, -0.2) is 12.6 Å². The summed E-state index contributed by atoms with van der Waals surface area (Å²) in [6.45, 7) is 4.77. The Morgan fingerprint density at radius 2 is 2.04 bits per heavy atom. The summed E-state index contributed by atoms with van der Waals surface area (Å²) >= 11 is 0. The Kier molecular flexibility index (Phi) is 8.03. The van der Waals surface area contributed by atoms with Crippen molar-refractivity contribution in [3.05, 3.63) is 71.3 Å². The molecule has 1 aromatic rings. The molecule has 2 heterocycles. The largest absolute Gasteiger partial charge is 0.472 e. The zero-order chi connectivity index (χ0) is 17.9. The molecule has 0 N–H and O–H groups in total. The standard InChI is InChI=1S/C22H28O3/c1-18(8-4-10-20-12-13-22(23)25-17-20)6-3-7-19(2)9-5-11-21-14-15-24-16-21/h4,6,9-10,12,14-16H,3,5,7-8,11,13,17H2,1-2H3. The summed E-state index contributed by atoms with van der Waals surface area (Å²) in [5, 5.41) is 0. The first-order chi connectivity index (χ1) is 12.1. The molecule has 134 valence electrons. The highest BCUT2D eigenvalue weighted by atomic mass is 16.5. The van der Waals surface area contributed by atoms with E-state index >= 15 is 0 Å². The Bertz CT molecular complexity index is 657. The van der Waals surface area contributed by atoms with E-state index in [4.69, 9.17) is 9.15 Å². The molecule has 0 bridgehead atoms. The number of esters is 1. The van der Waals surface area contributed by atoms with E-state index in [-0.39, 0.29) is 5.97 Å². The fourth-order valence-corrected chi connectivity index (χ4v) is 2.66. The van der Waals surface area contributed by atoms with Crippen LogP contribution >= 0.6 is 0 Å². The Morgan fingerprint density at radius 3 is 2.76 bits per heavy atom. The average molecular weight is 340 g/mol. The molecule has 0 fully saturated rings. The number of ether oxygens (including phenoxy) is 1. The summed E-state index contributed by atoms with van der Waals surface area (Å²) in [6.07, 6.45) is 19.9. The van der Waals surface area contributed by atoms with Gasteiger partial charge in [0.2, 0.25) is 0 Å². The maximum Gasteiger partial charge on any atom is 0.309 e. The van der Waals surface area contributed by atoms with Crippen LogP contribution < -0.4 is 0 Å². The second-order valence-electron chi connectivity index (χ2n) is 6.56. The van der Waals surface area contributed by atoms with Crippen LogP contribution in [0.1, 0.15) is 51.5 Å². The van der Waals surface area contributed by atoms with E-state index in [9.17, 15) is 4.79 Å². The van der Waals surface area contributed by atoms with Crippen LogP contribution in [0.4, 0.5) is 0 Å². The van der Waals surface area contributed by atoms with Crippen LogP contribution in [0.15, 0.2) is 70.1 Å². The number of cyclic esters (lactones) is 1. The molecule has 1 aliphatic rings. The van der Waals surface area contributed by atoms with Gasteiger partial charge in [-0.15, -0.1) is 0 Å². The summed E-state index contributed by atoms with van der Waals surface area (Å²) in [4.78, 5) is 11.0. The first-order valence-electron chi connectivity index (χ1n) is 8.97. The summed E-state index contributed by atoms with van der Waals surface area (Å²) in [5.41, 5.74) is 5.16. The highest BCUT2D eigenvalue weighted by Gasteiger charge is 2.07. The van der Waals surface area contributed by atoms with Crippen LogP contribution in [0.25, 0.3) is 0 Å². The van der Waals surface area contributed by atoms with Crippen molar-refractivity contribution in [1.82, 2.24) is 0 Å². The molecule has 1 aromatic heterocycles. The molecule has 2 rings (SSSR count). The van der Waals surface area contributed by atoms with Crippen molar-refractivity contribution in [3.63, 3.8) is 0 Å². The minimum absolute atomic E-state index is 0.138. The van der Waals surface area contributed by atoms with Crippen molar-refractivity contribution in [2.45, 2.75) is 52.4 Å². The van der Waals surface area contributed by atoms with Gasteiger partial charge in [0, 0.05) is 0 Å². The maximum atomic E-state index is 11.0. The van der Waals surface area contributed by atoms with E-state index in [0.29, 0.717) is 13.0 Å². The number of hydrogen-bond acceptors (Lipinski definition) is 3. The van der Waals surface area contributed by atoms with Gasteiger partial charge in [-0.25, -0.2) is 0 Å². The third kappa shape index (κ3) is 7.88. The predicted molar refractivity (Wildman–Crippen MR) is 101 cm³/mol. The fourth-order valence-electron chi connectivity index (χ4n) is 2.66. The van der Waals surface area contributed by atoms with Crippen molar-refractivity contribution in [1.29, 1.82) is 0 Å². The molecule has 0 atom stereocenters. The van der Waals surface area contributed by atoms with Crippen molar-refractivity contribution >= 4 is 5.97 Å². The van der Waals surface area contributed by atoms with Crippen LogP contribution in [0, 0.1) is 0 Å². The molecular formula is C22H28O3. The summed E-state index contributed by atoms with van der Waals surface area (Å²) < 4.78 is 10.1. The van der Waals surface area contributed by atoms with Crippen LogP contribution in [0.5, 0.6) is 0 Å². The lowest BCUT2D eigenvalue weighted by atomic mass is 10.1. The van der Waals surface area contributed by atoms with Gasteiger partial charge in [0.05, 0.1) is 18.9 Å². The molecule has 0 aliphatic carbocycles. The van der Waals surface area contributed by atoms with Crippen LogP contribution in [0.2, 0.25) is 0 Å². The Morgan fingerprint density at radius 1 is 1.20 bits per heavy atom. The van der Waals surface area contributed by atoms with E-state index in [1.54, 1.807) is 6.26 Å². The van der Waals surface area contributed by atoms with Gasteiger partial charge in [-0.05, 0) is 63.2 Å². The molecule has 0 amide bonds. The zero-order valence-corrected chi connectivity index (χ0v) is 15.3. The monoisotopic (exact) mass is 340 g/mol. The highest BCUT2D eigenvalue weighted by Crippen LogP contribution is 2.13. The molecule has 3 heteroatoms. The molecule has 0 saturated heterocycles. The number of allylic oxidation sites excluding steroid dienone is 5. The zero-order valence-electron chi connectivity index (χ0n) is 15.3. The van der Waals surface area contributed by atoms with Gasteiger partial charge in [0.25, 0.3) is 0 Å². The quantitative estimate of drug-likeness (QED) is 0.427. The normalized spacial score (nSPS) is 16.2. The van der Waals surface area contributed by atoms with Gasteiger partial charge in [-0.3, -0.25) is 4.79 Å². The summed E-state index contributed by atoms with van der Waals surface area (Å²) in [6, 6.07) is 2.02. The first-order valence-corrected chi connectivity index (χ1v) is 8.97. The lowest BCUT2D eigenvalue weighted by Gasteiger charge is -2.09. The molecule has 0 spiro atoms.